The number of carboxylic acids is 1. The van der Waals surface area contributed by atoms with Crippen molar-refractivity contribution >= 4 is 24.1 Å². The van der Waals surface area contributed by atoms with Crippen LogP contribution in [0.4, 0.5) is 5.69 Å². The molecule has 0 aromatic heterocycles. The molecule has 19 heavy (non-hydrogen) atoms. The fourth-order valence-corrected chi connectivity index (χ4v) is 2.28. The second-order valence-corrected chi connectivity index (χ2v) is 4.53. The number of benzene rings is 1. The molecule has 0 amide bonds. The quantitative estimate of drug-likeness (QED) is 0.648. The van der Waals surface area contributed by atoms with Crippen LogP contribution in [0.1, 0.15) is 12.0 Å². The van der Waals surface area contributed by atoms with Crippen molar-refractivity contribution in [3.8, 4) is 0 Å². The molecule has 1 saturated heterocycles. The maximum absolute atomic E-state index is 10.8. The molecule has 2 rings (SSSR count). The minimum atomic E-state index is -0.837. The Morgan fingerprint density at radius 3 is 2.84 bits per heavy atom. The zero-order chi connectivity index (χ0) is 13.1. The van der Waals surface area contributed by atoms with Gasteiger partial charge in [0.1, 0.15) is 6.04 Å². The molecule has 7 heteroatoms. The first-order valence-corrected chi connectivity index (χ1v) is 5.76. The minimum Gasteiger partial charge on any atom is -0.480 e. The van der Waals surface area contributed by atoms with Crippen LogP contribution in [-0.4, -0.2) is 28.6 Å². The topological polar surface area (TPSA) is 92.5 Å². The van der Waals surface area contributed by atoms with E-state index in [4.69, 9.17) is 5.11 Å². The SMILES string of the molecule is Cl.O=C(O)[C@@H]1C[C@@H](Cc2cccc([N+](=O)[O-])c2)CN1. The lowest BCUT2D eigenvalue weighted by molar-refractivity contribution is -0.384. The van der Waals surface area contributed by atoms with Gasteiger partial charge in [-0.15, -0.1) is 12.4 Å². The molecule has 1 aromatic carbocycles. The monoisotopic (exact) mass is 286 g/mol. The standard InChI is InChI=1S/C12H14N2O4.ClH/c15-12(16)11-6-9(7-13-11)4-8-2-1-3-10(5-8)14(17)18;/h1-3,5,9,11,13H,4,6-7H2,(H,15,16);1H/t9-,11+;/m1./s1. The van der Waals surface area contributed by atoms with E-state index < -0.39 is 16.9 Å². The Hall–Kier alpha value is -1.66. The predicted molar refractivity (Wildman–Crippen MR) is 71.6 cm³/mol. The van der Waals surface area contributed by atoms with Gasteiger partial charge in [-0.1, -0.05) is 12.1 Å². The van der Waals surface area contributed by atoms with Gasteiger partial charge in [0.25, 0.3) is 5.69 Å². The van der Waals surface area contributed by atoms with E-state index in [2.05, 4.69) is 5.32 Å². The molecule has 1 aliphatic heterocycles. The van der Waals surface area contributed by atoms with E-state index in [1.54, 1.807) is 12.1 Å². The summed E-state index contributed by atoms with van der Waals surface area (Å²) in [5, 5.41) is 22.4. The summed E-state index contributed by atoms with van der Waals surface area (Å²) in [5.74, 6) is -0.621. The molecule has 1 aliphatic rings. The van der Waals surface area contributed by atoms with Crippen molar-refractivity contribution in [1.82, 2.24) is 5.32 Å². The normalized spacial score (nSPS) is 21.7. The summed E-state index contributed by atoms with van der Waals surface area (Å²) in [4.78, 5) is 21.0. The molecule has 2 atom stereocenters. The third kappa shape index (κ3) is 3.90. The van der Waals surface area contributed by atoms with E-state index in [1.807, 2.05) is 6.07 Å². The maximum Gasteiger partial charge on any atom is 0.320 e. The number of rotatable bonds is 4. The van der Waals surface area contributed by atoms with Crippen molar-refractivity contribution in [2.45, 2.75) is 18.9 Å². The van der Waals surface area contributed by atoms with Crippen LogP contribution in [0, 0.1) is 16.0 Å². The molecule has 1 fully saturated rings. The molecule has 0 saturated carbocycles. The Morgan fingerprint density at radius 1 is 1.53 bits per heavy atom. The van der Waals surface area contributed by atoms with Crippen molar-refractivity contribution in [3.63, 3.8) is 0 Å². The highest BCUT2D eigenvalue weighted by molar-refractivity contribution is 5.85. The van der Waals surface area contributed by atoms with E-state index in [1.165, 1.54) is 6.07 Å². The van der Waals surface area contributed by atoms with Crippen LogP contribution in [0.2, 0.25) is 0 Å². The Morgan fingerprint density at radius 2 is 2.26 bits per heavy atom. The van der Waals surface area contributed by atoms with Crippen molar-refractivity contribution in [2.75, 3.05) is 6.54 Å². The summed E-state index contributed by atoms with van der Waals surface area (Å²) in [6.07, 6.45) is 1.23. The van der Waals surface area contributed by atoms with Gasteiger partial charge in [-0.05, 0) is 30.9 Å². The van der Waals surface area contributed by atoms with Crippen LogP contribution >= 0.6 is 12.4 Å². The van der Waals surface area contributed by atoms with Gasteiger partial charge in [0, 0.05) is 12.1 Å². The van der Waals surface area contributed by atoms with Gasteiger partial charge in [0.05, 0.1) is 4.92 Å². The summed E-state index contributed by atoms with van der Waals surface area (Å²) in [6, 6.07) is 6.00. The number of carboxylic acid groups (broad SMARTS) is 1. The highest BCUT2D eigenvalue weighted by Gasteiger charge is 2.29. The van der Waals surface area contributed by atoms with E-state index in [0.717, 1.165) is 5.56 Å². The predicted octanol–water partition coefficient (Wildman–Crippen LogP) is 1.62. The largest absolute Gasteiger partial charge is 0.480 e. The third-order valence-electron chi connectivity index (χ3n) is 3.17. The van der Waals surface area contributed by atoms with Crippen molar-refractivity contribution < 1.29 is 14.8 Å². The van der Waals surface area contributed by atoms with Crippen LogP contribution in [-0.2, 0) is 11.2 Å². The van der Waals surface area contributed by atoms with Gasteiger partial charge >= 0.3 is 5.97 Å². The number of carbonyl (C=O) groups is 1. The summed E-state index contributed by atoms with van der Waals surface area (Å²) in [7, 11) is 0. The highest BCUT2D eigenvalue weighted by Crippen LogP contribution is 2.21. The first-order valence-electron chi connectivity index (χ1n) is 5.76. The van der Waals surface area contributed by atoms with E-state index >= 15 is 0 Å². The van der Waals surface area contributed by atoms with Crippen molar-refractivity contribution in [1.29, 1.82) is 0 Å². The van der Waals surface area contributed by atoms with E-state index in [0.29, 0.717) is 19.4 Å². The third-order valence-corrected chi connectivity index (χ3v) is 3.17. The van der Waals surface area contributed by atoms with Crippen LogP contribution in [0.25, 0.3) is 0 Å². The first-order chi connectivity index (χ1) is 8.56. The molecule has 1 aromatic rings. The molecule has 0 radical (unpaired) electrons. The molecular formula is C12H15ClN2O4. The zero-order valence-corrected chi connectivity index (χ0v) is 10.9. The van der Waals surface area contributed by atoms with Crippen molar-refractivity contribution in [2.24, 2.45) is 5.92 Å². The lowest BCUT2D eigenvalue weighted by atomic mass is 9.96. The van der Waals surface area contributed by atoms with Gasteiger partial charge in [0.2, 0.25) is 0 Å². The number of nitro benzene ring substituents is 1. The number of hydrogen-bond acceptors (Lipinski definition) is 4. The Kier molecular flexibility index (Phi) is 5.26. The Balaban J connectivity index is 0.00000180. The number of nitro groups is 1. The fourth-order valence-electron chi connectivity index (χ4n) is 2.28. The maximum atomic E-state index is 10.8. The minimum absolute atomic E-state index is 0. The van der Waals surface area contributed by atoms with Gasteiger partial charge in [-0.25, -0.2) is 0 Å². The fraction of sp³-hybridized carbons (Fsp3) is 0.417. The average molecular weight is 287 g/mol. The Bertz CT molecular complexity index is 481. The molecule has 2 N–H and O–H groups in total. The molecular weight excluding hydrogens is 272 g/mol. The number of halogens is 1. The summed E-state index contributed by atoms with van der Waals surface area (Å²) in [5.41, 5.74) is 0.954. The van der Waals surface area contributed by atoms with Crippen LogP contribution in [0.5, 0.6) is 0 Å². The first kappa shape index (κ1) is 15.4. The van der Waals surface area contributed by atoms with Crippen LogP contribution in [0.3, 0.4) is 0 Å². The van der Waals surface area contributed by atoms with Crippen LogP contribution < -0.4 is 5.32 Å². The molecule has 0 bridgehead atoms. The summed E-state index contributed by atoms with van der Waals surface area (Å²) in [6.45, 7) is 0.639. The number of nitrogens with one attached hydrogen (secondary N) is 1. The van der Waals surface area contributed by atoms with Gasteiger partial charge in [-0.2, -0.15) is 0 Å². The number of aliphatic carboxylic acids is 1. The van der Waals surface area contributed by atoms with E-state index in [9.17, 15) is 14.9 Å². The van der Waals surface area contributed by atoms with Crippen molar-refractivity contribution in [3.05, 3.63) is 39.9 Å². The highest BCUT2D eigenvalue weighted by atomic mass is 35.5. The second kappa shape index (κ2) is 6.49. The molecule has 0 spiro atoms. The van der Waals surface area contributed by atoms with E-state index in [-0.39, 0.29) is 24.0 Å². The second-order valence-electron chi connectivity index (χ2n) is 4.53. The smallest absolute Gasteiger partial charge is 0.320 e. The number of non-ortho nitro benzene ring substituents is 1. The Labute approximate surface area is 116 Å². The van der Waals surface area contributed by atoms with Crippen LogP contribution in [0.15, 0.2) is 24.3 Å². The lowest BCUT2D eigenvalue weighted by Crippen LogP contribution is -2.29. The molecule has 0 aliphatic carbocycles. The average Bonchev–Trinajstić information content (AvgIpc) is 2.78. The summed E-state index contributed by atoms with van der Waals surface area (Å²) < 4.78 is 0. The molecule has 6 nitrogen and oxygen atoms in total. The molecule has 104 valence electrons. The van der Waals surface area contributed by atoms with Gasteiger partial charge < -0.3 is 10.4 Å². The molecule has 1 heterocycles. The number of nitrogens with zero attached hydrogens (tertiary/aromatic N) is 1. The zero-order valence-electron chi connectivity index (χ0n) is 10.1. The lowest BCUT2D eigenvalue weighted by Gasteiger charge is -2.08. The van der Waals surface area contributed by atoms with Gasteiger partial charge in [-0.3, -0.25) is 14.9 Å². The summed E-state index contributed by atoms with van der Waals surface area (Å²) >= 11 is 0. The number of hydrogen-bond donors (Lipinski definition) is 2. The van der Waals surface area contributed by atoms with Gasteiger partial charge in [0.15, 0.2) is 0 Å². The molecule has 0 unspecified atom stereocenters.